The molecule has 1 aliphatic carbocycles. The number of aryl methyl sites for hydroxylation is 1. The van der Waals surface area contributed by atoms with Crippen LogP contribution in [0.5, 0.6) is 0 Å². The van der Waals surface area contributed by atoms with E-state index in [1.807, 2.05) is 51.1 Å². The second-order valence-electron chi connectivity index (χ2n) is 15.9. The molecule has 0 radical (unpaired) electrons. The van der Waals surface area contributed by atoms with Crippen LogP contribution in [0.1, 0.15) is 101 Å². The predicted molar refractivity (Wildman–Crippen MR) is 226 cm³/mol. The lowest BCUT2D eigenvalue weighted by atomic mass is 9.72. The Kier molecular flexibility index (Phi) is 13.8. The van der Waals surface area contributed by atoms with E-state index in [0.717, 1.165) is 74.2 Å². The first-order valence-corrected chi connectivity index (χ1v) is 21.0. The number of ether oxygens (including phenoxy) is 2. The van der Waals surface area contributed by atoms with Gasteiger partial charge in [0, 0.05) is 55.1 Å². The number of hydrogen-bond donors (Lipinski definition) is 1. The first kappa shape index (κ1) is 42.3. The Balaban J connectivity index is 1.01. The van der Waals surface area contributed by atoms with Crippen molar-refractivity contribution in [3.63, 3.8) is 0 Å². The number of carbonyl (C=O) groups excluding carboxylic acids is 1. The summed E-state index contributed by atoms with van der Waals surface area (Å²) in [6.07, 6.45) is 8.89. The first-order chi connectivity index (χ1) is 27.9. The number of esters is 1. The maximum absolute atomic E-state index is 13.1. The van der Waals surface area contributed by atoms with Gasteiger partial charge in [0.25, 0.3) is 0 Å². The van der Waals surface area contributed by atoms with Crippen LogP contribution in [0.3, 0.4) is 0 Å². The van der Waals surface area contributed by atoms with Crippen LogP contribution in [0, 0.1) is 17.2 Å². The van der Waals surface area contributed by atoms with Crippen molar-refractivity contribution < 1.29 is 18.8 Å². The monoisotopic (exact) mass is 808 g/mol. The van der Waals surface area contributed by atoms with Crippen LogP contribution in [-0.4, -0.2) is 87.1 Å². The average Bonchev–Trinajstić information content (AvgIpc) is 3.80. The van der Waals surface area contributed by atoms with Crippen molar-refractivity contribution in [2.75, 3.05) is 36.9 Å². The summed E-state index contributed by atoms with van der Waals surface area (Å²) in [5.74, 6) is 1.73. The molecule has 2 unspecified atom stereocenters. The summed E-state index contributed by atoms with van der Waals surface area (Å²) in [7, 11) is 0. The highest BCUT2D eigenvalue weighted by atomic mass is 32.1. The molecule has 3 aromatic heterocycles. The number of nitriles is 1. The molecule has 0 spiro atoms. The molecule has 6 rings (SSSR count). The number of rotatable bonds is 16. The Bertz CT molecular complexity index is 2100. The van der Waals surface area contributed by atoms with Crippen molar-refractivity contribution in [3.8, 4) is 17.6 Å². The van der Waals surface area contributed by atoms with Gasteiger partial charge in [0.05, 0.1) is 23.8 Å². The maximum Gasteiger partial charge on any atom is 0.331 e. The fraction of sp³-hybridized carbons (Fsp3) is 0.512. The number of nitrogens with two attached hydrogens (primary N) is 1. The molecule has 0 bridgehead atoms. The normalized spacial score (nSPS) is 19.8. The highest BCUT2D eigenvalue weighted by Crippen LogP contribution is 2.48. The van der Waals surface area contributed by atoms with E-state index < -0.39 is 11.5 Å². The summed E-state index contributed by atoms with van der Waals surface area (Å²) >= 11 is 1.48. The molecule has 1 aliphatic heterocycles. The van der Waals surface area contributed by atoms with Gasteiger partial charge in [-0.05, 0) is 83.8 Å². The lowest BCUT2D eigenvalue weighted by Gasteiger charge is -2.32. The number of thiophene rings is 1. The van der Waals surface area contributed by atoms with Gasteiger partial charge in [-0.3, -0.25) is 9.91 Å². The molecular weight excluding hydrogens is 753 g/mol. The van der Waals surface area contributed by atoms with Crippen molar-refractivity contribution in [3.05, 3.63) is 82.0 Å². The zero-order chi connectivity index (χ0) is 41.4. The zero-order valence-electron chi connectivity index (χ0n) is 34.6. The smallest absolute Gasteiger partial charge is 0.331 e. The number of nitrogens with zero attached hydrogens (tertiary/aromatic N) is 9. The zero-order valence-corrected chi connectivity index (χ0v) is 35.4. The van der Waals surface area contributed by atoms with Gasteiger partial charge in [-0.2, -0.15) is 15.3 Å². The van der Waals surface area contributed by atoms with E-state index in [0.29, 0.717) is 52.3 Å². The third-order valence-electron chi connectivity index (χ3n) is 11.2. The Hall–Kier alpha value is -5.33. The number of benzene rings is 1. The average molecular weight is 809 g/mol. The topological polar surface area (TPSA) is 172 Å². The number of aromatic nitrogens is 4. The third-order valence-corrected chi connectivity index (χ3v) is 12.3. The van der Waals surface area contributed by atoms with Crippen LogP contribution in [0.25, 0.3) is 11.5 Å². The molecule has 308 valence electrons. The van der Waals surface area contributed by atoms with E-state index in [-0.39, 0.29) is 24.5 Å². The van der Waals surface area contributed by atoms with E-state index >= 15 is 0 Å². The summed E-state index contributed by atoms with van der Waals surface area (Å²) in [4.78, 5) is 33.5. The fourth-order valence-electron chi connectivity index (χ4n) is 8.09. The van der Waals surface area contributed by atoms with Crippen molar-refractivity contribution in [1.82, 2.24) is 30.0 Å². The standard InChI is InChI=1S/C43H56N10O4S/c1-28(2)37(40(54)56-27-32-15-9-8-10-16-32)53(46-7)26-31(5)55-23-12-14-29(3)51-21-13-22-52(30(4)25-51)42-47-20-18-34(48-42)39-49-41(57-50-39)43(6)19-11-17-35-36(43)33(24-44)38(45)58-35/h8-10,15-16,18,20,26,28-30,37H,7,11-14,17,19,21-23,25,27,45H2,1-6H3/b31-26+/t29?,30-,37?,43-/m0/s1. The van der Waals surface area contributed by atoms with Gasteiger partial charge >= 0.3 is 5.97 Å². The minimum Gasteiger partial charge on any atom is -0.497 e. The number of allylic oxidation sites excluding steroid dienone is 1. The lowest BCUT2D eigenvalue weighted by Crippen LogP contribution is -2.42. The van der Waals surface area contributed by atoms with Crippen LogP contribution in [0.15, 0.2) is 64.2 Å². The number of carbonyl (C=O) groups is 1. The highest BCUT2D eigenvalue weighted by molar-refractivity contribution is 7.16. The second-order valence-corrected chi connectivity index (χ2v) is 17.0. The summed E-state index contributed by atoms with van der Waals surface area (Å²) in [5.41, 5.74) is 8.59. The Morgan fingerprint density at radius 2 is 2.00 bits per heavy atom. The van der Waals surface area contributed by atoms with E-state index in [9.17, 15) is 10.1 Å². The Labute approximate surface area is 345 Å². The van der Waals surface area contributed by atoms with Gasteiger partial charge in [0.15, 0.2) is 6.04 Å². The number of fused-ring (bicyclic) bond motifs is 1. The van der Waals surface area contributed by atoms with Crippen molar-refractivity contribution in [1.29, 1.82) is 5.26 Å². The van der Waals surface area contributed by atoms with Gasteiger partial charge in [-0.15, -0.1) is 11.3 Å². The minimum atomic E-state index is -0.630. The molecule has 1 fully saturated rings. The lowest BCUT2D eigenvalue weighted by molar-refractivity contribution is -0.152. The molecule has 4 aromatic rings. The summed E-state index contributed by atoms with van der Waals surface area (Å²) in [6.45, 7) is 19.4. The summed E-state index contributed by atoms with van der Waals surface area (Å²) in [5, 5.41) is 20.5. The number of anilines is 2. The van der Waals surface area contributed by atoms with Crippen molar-refractivity contribution in [2.45, 2.75) is 110 Å². The van der Waals surface area contributed by atoms with E-state index in [1.54, 1.807) is 23.5 Å². The van der Waals surface area contributed by atoms with Gasteiger partial charge < -0.3 is 24.6 Å². The molecule has 0 saturated carbocycles. The molecule has 4 heterocycles. The molecule has 2 N–H and O–H groups in total. The van der Waals surface area contributed by atoms with Gasteiger partial charge in [-0.25, -0.2) is 14.8 Å². The number of nitrogen functional groups attached to an aromatic ring is 1. The first-order valence-electron chi connectivity index (χ1n) is 20.2. The molecule has 1 aromatic carbocycles. The van der Waals surface area contributed by atoms with Crippen LogP contribution in [-0.2, 0) is 32.7 Å². The molecule has 4 atom stereocenters. The molecular formula is C43H56N10O4S. The highest BCUT2D eigenvalue weighted by Gasteiger charge is 2.43. The van der Waals surface area contributed by atoms with Gasteiger partial charge in [0.1, 0.15) is 29.1 Å². The van der Waals surface area contributed by atoms with E-state index in [1.165, 1.54) is 11.3 Å². The Morgan fingerprint density at radius 1 is 1.21 bits per heavy atom. The molecule has 14 nitrogen and oxygen atoms in total. The SMILES string of the molecule is C=NN(/C=C(\C)OCCCC(C)N1CCCN(c2nccc(-c3noc([C@@]4(C)CCCc5sc(N)c(C#N)c54)n3)n2)[C@@H](C)C1)C(C(=O)OCc1ccccc1)C(C)C. The van der Waals surface area contributed by atoms with E-state index in [4.69, 9.17) is 29.7 Å². The quantitative estimate of drug-likeness (QED) is 0.0393. The summed E-state index contributed by atoms with van der Waals surface area (Å²) in [6, 6.07) is 13.6. The maximum atomic E-state index is 13.1. The van der Waals surface area contributed by atoms with Crippen molar-refractivity contribution in [2.24, 2.45) is 11.0 Å². The van der Waals surface area contributed by atoms with Crippen LogP contribution >= 0.6 is 11.3 Å². The third kappa shape index (κ3) is 9.51. The molecule has 2 aliphatic rings. The molecule has 15 heteroatoms. The van der Waals surface area contributed by atoms with Crippen LogP contribution < -0.4 is 10.6 Å². The molecule has 58 heavy (non-hydrogen) atoms. The largest absolute Gasteiger partial charge is 0.497 e. The van der Waals surface area contributed by atoms with E-state index in [2.05, 4.69) is 58.6 Å². The minimum absolute atomic E-state index is 0.0633. The van der Waals surface area contributed by atoms with Crippen LogP contribution in [0.2, 0.25) is 0 Å². The summed E-state index contributed by atoms with van der Waals surface area (Å²) < 4.78 is 17.6. The van der Waals surface area contributed by atoms with Gasteiger partial charge in [0.2, 0.25) is 17.7 Å². The fourth-order valence-corrected chi connectivity index (χ4v) is 9.28. The Morgan fingerprint density at radius 3 is 2.74 bits per heavy atom. The van der Waals surface area contributed by atoms with Crippen molar-refractivity contribution >= 4 is 35.0 Å². The molecule has 1 saturated heterocycles. The second kappa shape index (κ2) is 18.9. The van der Waals surface area contributed by atoms with Gasteiger partial charge in [-0.1, -0.05) is 49.3 Å². The number of hydrogen-bond acceptors (Lipinski definition) is 15. The number of hydrazone groups is 1. The van der Waals surface area contributed by atoms with Crippen LogP contribution in [0.4, 0.5) is 10.9 Å². The molecule has 0 amide bonds. The predicted octanol–water partition coefficient (Wildman–Crippen LogP) is 7.32.